The average Bonchev–Trinajstić information content (AvgIpc) is 2.46. The summed E-state index contributed by atoms with van der Waals surface area (Å²) >= 11 is 0. The van der Waals surface area contributed by atoms with E-state index in [1.54, 1.807) is 0 Å². The molecule has 14 heavy (non-hydrogen) atoms. The maximum absolute atomic E-state index is 11.9. The first kappa shape index (κ1) is 11.7. The van der Waals surface area contributed by atoms with Crippen molar-refractivity contribution in [2.24, 2.45) is 11.3 Å². The van der Waals surface area contributed by atoms with E-state index in [-0.39, 0.29) is 11.3 Å². The lowest BCUT2D eigenvalue weighted by atomic mass is 9.86. The van der Waals surface area contributed by atoms with Gasteiger partial charge in [-0.3, -0.25) is 4.79 Å². The third kappa shape index (κ3) is 3.41. The molecule has 1 N–H and O–H groups in total. The van der Waals surface area contributed by atoms with Gasteiger partial charge in [-0.05, 0) is 31.7 Å². The van der Waals surface area contributed by atoms with Crippen LogP contribution in [0.1, 0.15) is 47.0 Å². The number of Topliss-reactive ketones (excluding diaryl/α,β-unsaturated/α-hetero) is 1. The summed E-state index contributed by atoms with van der Waals surface area (Å²) < 4.78 is 0. The first-order chi connectivity index (χ1) is 6.40. The van der Waals surface area contributed by atoms with Crippen LogP contribution in [0.5, 0.6) is 0 Å². The Kier molecular flexibility index (Phi) is 3.71. The van der Waals surface area contributed by atoms with Crippen molar-refractivity contribution < 1.29 is 4.79 Å². The second-order valence-electron chi connectivity index (χ2n) is 5.66. The van der Waals surface area contributed by atoms with Gasteiger partial charge < -0.3 is 5.32 Å². The van der Waals surface area contributed by atoms with E-state index >= 15 is 0 Å². The fraction of sp³-hybridized carbons (Fsp3) is 0.917. The second kappa shape index (κ2) is 4.43. The van der Waals surface area contributed by atoms with Crippen LogP contribution in [0, 0.1) is 11.3 Å². The number of hydrogen-bond donors (Lipinski definition) is 1. The molecule has 1 rings (SSSR count). The quantitative estimate of drug-likeness (QED) is 0.752. The fourth-order valence-corrected chi connectivity index (χ4v) is 1.98. The Hall–Kier alpha value is -0.370. The molecule has 0 aromatic rings. The molecule has 1 saturated heterocycles. The van der Waals surface area contributed by atoms with Crippen LogP contribution in [0.25, 0.3) is 0 Å². The van der Waals surface area contributed by atoms with Crippen molar-refractivity contribution in [3.8, 4) is 0 Å². The minimum atomic E-state index is 0.275. The Labute approximate surface area is 87.5 Å². The predicted molar refractivity (Wildman–Crippen MR) is 59.3 cm³/mol. The summed E-state index contributed by atoms with van der Waals surface area (Å²) in [5.41, 5.74) is 0.283. The van der Waals surface area contributed by atoms with Gasteiger partial charge in [0.2, 0.25) is 0 Å². The third-order valence-corrected chi connectivity index (χ3v) is 3.06. The van der Waals surface area contributed by atoms with Gasteiger partial charge in [0.25, 0.3) is 0 Å². The monoisotopic (exact) mass is 197 g/mol. The van der Waals surface area contributed by atoms with Crippen molar-refractivity contribution in [3.63, 3.8) is 0 Å². The molecule has 0 saturated carbocycles. The minimum absolute atomic E-state index is 0.275. The van der Waals surface area contributed by atoms with Crippen molar-refractivity contribution in [1.29, 1.82) is 0 Å². The summed E-state index contributed by atoms with van der Waals surface area (Å²) in [6, 6.07) is 0.391. The largest absolute Gasteiger partial charge is 0.314 e. The lowest BCUT2D eigenvalue weighted by Gasteiger charge is -2.19. The number of carbonyl (C=O) groups excluding carboxylic acids is 1. The van der Waals surface area contributed by atoms with Gasteiger partial charge in [-0.1, -0.05) is 20.8 Å². The SMILES string of the molecule is CC1NCCC1C(=O)CCC(C)(C)C. The molecule has 0 aromatic heterocycles. The second-order valence-corrected chi connectivity index (χ2v) is 5.66. The summed E-state index contributed by atoms with van der Waals surface area (Å²) in [5, 5.41) is 3.33. The van der Waals surface area contributed by atoms with Crippen LogP contribution >= 0.6 is 0 Å². The average molecular weight is 197 g/mol. The lowest BCUT2D eigenvalue weighted by molar-refractivity contribution is -0.123. The molecule has 2 unspecified atom stereocenters. The summed E-state index contributed by atoms with van der Waals surface area (Å²) in [6.07, 6.45) is 2.79. The van der Waals surface area contributed by atoms with Crippen LogP contribution in [-0.4, -0.2) is 18.4 Å². The standard InChI is InChI=1S/C12H23NO/c1-9-10(6-8-13-9)11(14)5-7-12(2,3)4/h9-10,13H,5-8H2,1-4H3. The zero-order chi connectivity index (χ0) is 10.8. The van der Waals surface area contributed by atoms with Crippen LogP contribution in [0.2, 0.25) is 0 Å². The Morgan fingerprint density at radius 3 is 2.50 bits per heavy atom. The highest BCUT2D eigenvalue weighted by Crippen LogP contribution is 2.24. The van der Waals surface area contributed by atoms with E-state index in [1.165, 1.54) is 0 Å². The summed E-state index contributed by atoms with van der Waals surface area (Å²) in [7, 11) is 0. The van der Waals surface area contributed by atoms with E-state index in [4.69, 9.17) is 0 Å². The third-order valence-electron chi connectivity index (χ3n) is 3.06. The molecular weight excluding hydrogens is 174 g/mol. The van der Waals surface area contributed by atoms with Crippen molar-refractivity contribution in [2.45, 2.75) is 53.0 Å². The van der Waals surface area contributed by atoms with Crippen LogP contribution in [0.15, 0.2) is 0 Å². The fourth-order valence-electron chi connectivity index (χ4n) is 1.98. The molecule has 1 aliphatic heterocycles. The molecule has 0 aromatic carbocycles. The van der Waals surface area contributed by atoms with Gasteiger partial charge in [0.1, 0.15) is 5.78 Å². The van der Waals surface area contributed by atoms with Gasteiger partial charge in [0.15, 0.2) is 0 Å². The molecule has 1 fully saturated rings. The van der Waals surface area contributed by atoms with Crippen LogP contribution < -0.4 is 5.32 Å². The van der Waals surface area contributed by atoms with Gasteiger partial charge >= 0.3 is 0 Å². The summed E-state index contributed by atoms with van der Waals surface area (Å²) in [6.45, 7) is 9.70. The number of rotatable bonds is 3. The Bertz CT molecular complexity index is 205. The molecule has 1 aliphatic rings. The van der Waals surface area contributed by atoms with E-state index in [2.05, 4.69) is 33.0 Å². The molecule has 0 aliphatic carbocycles. The highest BCUT2D eigenvalue weighted by molar-refractivity contribution is 5.82. The van der Waals surface area contributed by atoms with Crippen LogP contribution in [-0.2, 0) is 4.79 Å². The van der Waals surface area contributed by atoms with E-state index in [1.807, 2.05) is 0 Å². The van der Waals surface area contributed by atoms with Crippen molar-refractivity contribution in [1.82, 2.24) is 5.32 Å². The number of ketones is 1. The Morgan fingerprint density at radius 2 is 2.07 bits per heavy atom. The van der Waals surface area contributed by atoms with E-state index < -0.39 is 0 Å². The molecule has 0 spiro atoms. The Balaban J connectivity index is 2.35. The zero-order valence-electron chi connectivity index (χ0n) is 9.89. The van der Waals surface area contributed by atoms with Crippen molar-refractivity contribution in [3.05, 3.63) is 0 Å². The van der Waals surface area contributed by atoms with Gasteiger partial charge in [-0.2, -0.15) is 0 Å². The Morgan fingerprint density at radius 1 is 1.43 bits per heavy atom. The van der Waals surface area contributed by atoms with E-state index in [0.29, 0.717) is 11.8 Å². The van der Waals surface area contributed by atoms with E-state index in [9.17, 15) is 4.79 Å². The number of carbonyl (C=O) groups is 1. The molecule has 0 amide bonds. The minimum Gasteiger partial charge on any atom is -0.314 e. The van der Waals surface area contributed by atoms with E-state index in [0.717, 1.165) is 25.8 Å². The summed E-state index contributed by atoms with van der Waals surface area (Å²) in [5.74, 6) is 0.731. The van der Waals surface area contributed by atoms with Crippen molar-refractivity contribution >= 4 is 5.78 Å². The van der Waals surface area contributed by atoms with Crippen molar-refractivity contribution in [2.75, 3.05) is 6.54 Å². The normalized spacial score (nSPS) is 28.0. The zero-order valence-corrected chi connectivity index (χ0v) is 9.89. The maximum atomic E-state index is 11.9. The molecule has 2 atom stereocenters. The van der Waals surface area contributed by atoms with Crippen LogP contribution in [0.3, 0.4) is 0 Å². The van der Waals surface area contributed by atoms with Gasteiger partial charge in [0, 0.05) is 18.4 Å². The van der Waals surface area contributed by atoms with Gasteiger partial charge in [-0.25, -0.2) is 0 Å². The van der Waals surface area contributed by atoms with Gasteiger partial charge in [0.05, 0.1) is 0 Å². The first-order valence-electron chi connectivity index (χ1n) is 5.66. The smallest absolute Gasteiger partial charge is 0.137 e. The highest BCUT2D eigenvalue weighted by atomic mass is 16.1. The molecule has 0 radical (unpaired) electrons. The highest BCUT2D eigenvalue weighted by Gasteiger charge is 2.29. The maximum Gasteiger partial charge on any atom is 0.137 e. The molecule has 0 bridgehead atoms. The van der Waals surface area contributed by atoms with Crippen LogP contribution in [0.4, 0.5) is 0 Å². The number of nitrogens with one attached hydrogen (secondary N) is 1. The molecule has 2 heteroatoms. The number of hydrogen-bond acceptors (Lipinski definition) is 2. The first-order valence-corrected chi connectivity index (χ1v) is 5.66. The molecule has 82 valence electrons. The summed E-state index contributed by atoms with van der Waals surface area (Å²) in [4.78, 5) is 11.9. The lowest BCUT2D eigenvalue weighted by Crippen LogP contribution is -2.28. The molecular formula is C12H23NO. The topological polar surface area (TPSA) is 29.1 Å². The molecule has 1 heterocycles. The predicted octanol–water partition coefficient (Wildman–Crippen LogP) is 2.38. The molecule has 2 nitrogen and oxygen atoms in total. The van der Waals surface area contributed by atoms with Gasteiger partial charge in [-0.15, -0.1) is 0 Å².